The molecule has 3 aromatic heterocycles. The number of aromatic nitrogens is 4. The van der Waals surface area contributed by atoms with E-state index >= 15 is 0 Å². The van der Waals surface area contributed by atoms with Gasteiger partial charge in [0.1, 0.15) is 11.2 Å². The summed E-state index contributed by atoms with van der Waals surface area (Å²) in [5.74, 6) is 1.89. The van der Waals surface area contributed by atoms with E-state index in [1.54, 1.807) is 0 Å². The van der Waals surface area contributed by atoms with Gasteiger partial charge in [-0.25, -0.2) is 15.0 Å². The van der Waals surface area contributed by atoms with E-state index in [9.17, 15) is 0 Å². The SMILES string of the molecule is c1ccc(-c2nc(-c3ccccc3)nc(-c3ccc(-c4cc(-c5cc6cccnc6c6ccccc56)cc5c4oc4ccccc45)cc3)n2)cc1. The van der Waals surface area contributed by atoms with Gasteiger partial charge in [-0.1, -0.05) is 133 Å². The largest absolute Gasteiger partial charge is 0.455 e. The summed E-state index contributed by atoms with van der Waals surface area (Å²) in [6.07, 6.45) is 1.86. The molecule has 5 nitrogen and oxygen atoms in total. The number of pyridine rings is 1. The van der Waals surface area contributed by atoms with E-state index in [4.69, 9.17) is 24.4 Å². The fourth-order valence-electron chi connectivity index (χ4n) is 7.09. The van der Waals surface area contributed by atoms with Crippen molar-refractivity contribution in [1.29, 1.82) is 0 Å². The van der Waals surface area contributed by atoms with E-state index in [1.807, 2.05) is 85.1 Å². The zero-order valence-corrected chi connectivity index (χ0v) is 27.4. The van der Waals surface area contributed by atoms with Gasteiger partial charge in [0.15, 0.2) is 17.5 Å². The van der Waals surface area contributed by atoms with Gasteiger partial charge in [0.2, 0.25) is 0 Å². The predicted octanol–water partition coefficient (Wildman–Crippen LogP) is 11.8. The number of rotatable bonds is 5. The Morgan fingerprint density at radius 2 is 0.941 bits per heavy atom. The minimum absolute atomic E-state index is 0.619. The van der Waals surface area contributed by atoms with Crippen LogP contribution in [0.3, 0.4) is 0 Å². The van der Waals surface area contributed by atoms with Crippen LogP contribution in [0.1, 0.15) is 0 Å². The molecule has 0 N–H and O–H groups in total. The van der Waals surface area contributed by atoms with E-state index in [-0.39, 0.29) is 0 Å². The van der Waals surface area contributed by atoms with Gasteiger partial charge in [-0.2, -0.15) is 0 Å². The second-order valence-corrected chi connectivity index (χ2v) is 12.7. The lowest BCUT2D eigenvalue weighted by Gasteiger charge is -2.13. The van der Waals surface area contributed by atoms with Gasteiger partial charge in [0.25, 0.3) is 0 Å². The van der Waals surface area contributed by atoms with Gasteiger partial charge in [-0.15, -0.1) is 0 Å². The van der Waals surface area contributed by atoms with E-state index in [0.717, 1.165) is 82.6 Å². The molecule has 0 aliphatic heterocycles. The van der Waals surface area contributed by atoms with Crippen LogP contribution in [0.5, 0.6) is 0 Å². The van der Waals surface area contributed by atoms with Crippen LogP contribution in [0, 0.1) is 0 Å². The number of nitrogens with zero attached hydrogens (tertiary/aromatic N) is 4. The third kappa shape index (κ3) is 5.03. The molecule has 0 atom stereocenters. The normalized spacial score (nSPS) is 11.5. The highest BCUT2D eigenvalue weighted by Crippen LogP contribution is 2.42. The number of furan rings is 1. The second kappa shape index (κ2) is 11.9. The Hall–Kier alpha value is -6.98. The molecule has 0 unspecified atom stereocenters. The van der Waals surface area contributed by atoms with E-state index in [0.29, 0.717) is 17.5 Å². The van der Waals surface area contributed by atoms with Crippen LogP contribution in [0.2, 0.25) is 0 Å². The monoisotopic (exact) mass is 652 g/mol. The van der Waals surface area contributed by atoms with Crippen molar-refractivity contribution in [2.75, 3.05) is 0 Å². The molecule has 0 aliphatic carbocycles. The van der Waals surface area contributed by atoms with Gasteiger partial charge in [-0.05, 0) is 52.4 Å². The third-order valence-electron chi connectivity index (χ3n) is 9.55. The average Bonchev–Trinajstić information content (AvgIpc) is 3.59. The number of para-hydroxylation sites is 1. The molecule has 0 aliphatic rings. The summed E-state index contributed by atoms with van der Waals surface area (Å²) in [5, 5.41) is 5.57. The summed E-state index contributed by atoms with van der Waals surface area (Å²) < 4.78 is 6.59. The maximum atomic E-state index is 6.59. The smallest absolute Gasteiger partial charge is 0.164 e. The number of hydrogen-bond donors (Lipinski definition) is 0. The Labute approximate surface area is 293 Å². The highest BCUT2D eigenvalue weighted by atomic mass is 16.3. The van der Waals surface area contributed by atoms with Crippen molar-refractivity contribution in [3.05, 3.63) is 170 Å². The summed E-state index contributed by atoms with van der Waals surface area (Å²) in [4.78, 5) is 19.5. The fraction of sp³-hybridized carbons (Fsp3) is 0. The van der Waals surface area contributed by atoms with Gasteiger partial charge in [0, 0.05) is 50.0 Å². The molecule has 0 amide bonds. The number of hydrogen-bond acceptors (Lipinski definition) is 5. The predicted molar refractivity (Wildman–Crippen MR) is 207 cm³/mol. The maximum absolute atomic E-state index is 6.59. The molecule has 0 fully saturated rings. The van der Waals surface area contributed by atoms with Crippen LogP contribution in [0.15, 0.2) is 174 Å². The lowest BCUT2D eigenvalue weighted by molar-refractivity contribution is 0.670. The minimum atomic E-state index is 0.619. The fourth-order valence-corrected chi connectivity index (χ4v) is 7.09. The van der Waals surface area contributed by atoms with Crippen molar-refractivity contribution >= 4 is 43.6 Å². The van der Waals surface area contributed by atoms with Gasteiger partial charge >= 0.3 is 0 Å². The topological polar surface area (TPSA) is 64.7 Å². The van der Waals surface area contributed by atoms with Gasteiger partial charge in [0.05, 0.1) is 5.52 Å². The molecule has 238 valence electrons. The van der Waals surface area contributed by atoms with Crippen molar-refractivity contribution in [2.45, 2.75) is 0 Å². The van der Waals surface area contributed by atoms with Crippen molar-refractivity contribution in [3.8, 4) is 56.4 Å². The van der Waals surface area contributed by atoms with Crippen LogP contribution in [0.25, 0.3) is 100 Å². The zero-order valence-electron chi connectivity index (χ0n) is 27.4. The Kier molecular flexibility index (Phi) is 6.74. The molecular weight excluding hydrogens is 625 g/mol. The van der Waals surface area contributed by atoms with E-state index < -0.39 is 0 Å². The summed E-state index contributed by atoms with van der Waals surface area (Å²) in [7, 11) is 0. The summed E-state index contributed by atoms with van der Waals surface area (Å²) >= 11 is 0. The first kappa shape index (κ1) is 29.0. The lowest BCUT2D eigenvalue weighted by Crippen LogP contribution is -2.00. The Morgan fingerprint density at radius 3 is 1.63 bits per heavy atom. The molecule has 5 heteroatoms. The highest BCUT2D eigenvalue weighted by Gasteiger charge is 2.18. The van der Waals surface area contributed by atoms with Crippen molar-refractivity contribution < 1.29 is 4.42 Å². The molecule has 0 spiro atoms. The lowest BCUT2D eigenvalue weighted by atomic mass is 9.91. The minimum Gasteiger partial charge on any atom is -0.455 e. The molecule has 10 rings (SSSR count). The first-order valence-corrected chi connectivity index (χ1v) is 17.0. The highest BCUT2D eigenvalue weighted by molar-refractivity contribution is 6.15. The molecule has 0 saturated carbocycles. The number of benzene rings is 7. The standard InChI is InChI=1S/C46H28N4O/c1-3-12-30(13-4-1)44-48-45(31-14-5-2-6-15-31)50-46(49-44)32-23-21-29(22-24-32)39-27-34(28-40-36-18-9-10-20-41(36)51-43(39)40)38-26-33-16-11-25-47-42(33)37-19-8-7-17-35(37)38/h1-28H. The molecule has 0 bridgehead atoms. The maximum Gasteiger partial charge on any atom is 0.164 e. The zero-order chi connectivity index (χ0) is 33.7. The molecule has 10 aromatic rings. The first-order chi connectivity index (χ1) is 25.3. The average molecular weight is 653 g/mol. The summed E-state index contributed by atoms with van der Waals surface area (Å²) in [6.45, 7) is 0. The van der Waals surface area contributed by atoms with Gasteiger partial charge < -0.3 is 4.42 Å². The van der Waals surface area contributed by atoms with Crippen molar-refractivity contribution in [2.24, 2.45) is 0 Å². The van der Waals surface area contributed by atoms with E-state index in [2.05, 4.69) is 84.9 Å². The summed E-state index contributed by atoms with van der Waals surface area (Å²) in [6, 6.07) is 56.3. The molecule has 0 radical (unpaired) electrons. The molecule has 0 saturated heterocycles. The van der Waals surface area contributed by atoms with Crippen LogP contribution >= 0.6 is 0 Å². The van der Waals surface area contributed by atoms with Crippen LogP contribution in [0.4, 0.5) is 0 Å². The quantitative estimate of drug-likeness (QED) is 0.173. The third-order valence-corrected chi connectivity index (χ3v) is 9.55. The second-order valence-electron chi connectivity index (χ2n) is 12.7. The molecular formula is C46H28N4O. The Morgan fingerprint density at radius 1 is 0.373 bits per heavy atom. The first-order valence-electron chi connectivity index (χ1n) is 17.0. The Balaban J connectivity index is 1.15. The van der Waals surface area contributed by atoms with Crippen LogP contribution in [-0.2, 0) is 0 Å². The van der Waals surface area contributed by atoms with Crippen LogP contribution in [-0.4, -0.2) is 19.9 Å². The molecule has 3 heterocycles. The molecule has 51 heavy (non-hydrogen) atoms. The molecule has 7 aromatic carbocycles. The van der Waals surface area contributed by atoms with E-state index in [1.165, 1.54) is 0 Å². The number of fused-ring (bicyclic) bond motifs is 6. The van der Waals surface area contributed by atoms with Gasteiger partial charge in [-0.3, -0.25) is 4.98 Å². The Bertz CT molecular complexity index is 2840. The van der Waals surface area contributed by atoms with Crippen molar-refractivity contribution in [1.82, 2.24) is 19.9 Å². The summed E-state index contributed by atoms with van der Waals surface area (Å²) in [5.41, 5.74) is 9.85. The van der Waals surface area contributed by atoms with Crippen molar-refractivity contribution in [3.63, 3.8) is 0 Å². The van der Waals surface area contributed by atoms with Crippen LogP contribution < -0.4 is 0 Å².